The van der Waals surface area contributed by atoms with E-state index in [-0.39, 0.29) is 11.9 Å². The number of hydrogen-bond acceptors (Lipinski definition) is 4. The molecule has 5 nitrogen and oxygen atoms in total. The van der Waals surface area contributed by atoms with Crippen molar-refractivity contribution in [2.75, 3.05) is 13.1 Å². The quantitative estimate of drug-likeness (QED) is 0.313. The zero-order valence-corrected chi connectivity index (χ0v) is 20.6. The minimum absolute atomic E-state index is 0.0515. The maximum Gasteiger partial charge on any atom is 0.290 e. The molecule has 0 unspecified atom stereocenters. The van der Waals surface area contributed by atoms with E-state index in [0.29, 0.717) is 17.7 Å². The van der Waals surface area contributed by atoms with Gasteiger partial charge in [-0.05, 0) is 92.6 Å². The van der Waals surface area contributed by atoms with Crippen LogP contribution in [0.1, 0.15) is 47.4 Å². The van der Waals surface area contributed by atoms with E-state index in [1.165, 1.54) is 16.5 Å². The molecule has 0 bridgehead atoms. The average molecular weight is 480 g/mol. The number of carbonyl (C=O) groups is 1. The minimum atomic E-state index is 0.0515. The van der Waals surface area contributed by atoms with Crippen LogP contribution in [-0.4, -0.2) is 45.9 Å². The molecule has 2 aromatic carbocycles. The first-order valence-corrected chi connectivity index (χ1v) is 13.2. The number of carbonyl (C=O) groups excluding carboxylic acids is 1. The van der Waals surface area contributed by atoms with Gasteiger partial charge in [0.25, 0.3) is 5.91 Å². The first-order valence-electron chi connectivity index (χ1n) is 13.2. The van der Waals surface area contributed by atoms with Crippen molar-refractivity contribution < 1.29 is 9.21 Å². The molecule has 4 aromatic rings. The third-order valence-corrected chi connectivity index (χ3v) is 7.80. The van der Waals surface area contributed by atoms with Crippen molar-refractivity contribution in [2.24, 2.45) is 5.92 Å². The van der Waals surface area contributed by atoms with Crippen molar-refractivity contribution in [3.8, 4) is 0 Å². The Morgan fingerprint density at radius 1 is 0.944 bits per heavy atom. The van der Waals surface area contributed by atoms with Gasteiger partial charge in [0.05, 0.1) is 11.8 Å². The summed E-state index contributed by atoms with van der Waals surface area (Å²) in [5, 5.41) is 1.20. The lowest BCUT2D eigenvalue weighted by Crippen LogP contribution is -2.50. The van der Waals surface area contributed by atoms with Gasteiger partial charge in [-0.15, -0.1) is 0 Å². The van der Waals surface area contributed by atoms with Crippen LogP contribution in [0, 0.1) is 5.92 Å². The molecular formula is C31H33N3O2. The fourth-order valence-corrected chi connectivity index (χ4v) is 5.79. The summed E-state index contributed by atoms with van der Waals surface area (Å²) in [6.07, 6.45) is 8.72. The highest BCUT2D eigenvalue weighted by atomic mass is 16.3. The first-order chi connectivity index (χ1) is 17.7. The Hall–Kier alpha value is -3.44. The molecule has 1 atom stereocenters. The summed E-state index contributed by atoms with van der Waals surface area (Å²) < 4.78 is 5.55. The summed E-state index contributed by atoms with van der Waals surface area (Å²) in [4.78, 5) is 22.8. The second kappa shape index (κ2) is 10.3. The zero-order chi connectivity index (χ0) is 24.3. The van der Waals surface area contributed by atoms with Gasteiger partial charge >= 0.3 is 0 Å². The van der Waals surface area contributed by atoms with Crippen LogP contribution in [0.5, 0.6) is 0 Å². The first kappa shape index (κ1) is 23.0. The molecule has 0 N–H and O–H groups in total. The Morgan fingerprint density at radius 2 is 1.78 bits per heavy atom. The summed E-state index contributed by atoms with van der Waals surface area (Å²) in [5.41, 5.74) is 3.68. The molecule has 2 aromatic heterocycles. The van der Waals surface area contributed by atoms with Crippen molar-refractivity contribution in [1.82, 2.24) is 14.8 Å². The summed E-state index contributed by atoms with van der Waals surface area (Å²) in [6, 6.07) is 25.5. The number of pyridine rings is 1. The molecule has 36 heavy (non-hydrogen) atoms. The molecule has 1 aliphatic carbocycles. The molecule has 2 aliphatic rings. The van der Waals surface area contributed by atoms with Crippen LogP contribution in [-0.2, 0) is 13.0 Å². The van der Waals surface area contributed by atoms with E-state index in [1.54, 1.807) is 12.3 Å². The summed E-state index contributed by atoms with van der Waals surface area (Å²) in [6.45, 7) is 3.06. The maximum atomic E-state index is 13.6. The van der Waals surface area contributed by atoms with E-state index in [2.05, 4.69) is 69.4 Å². The Kier molecular flexibility index (Phi) is 6.56. The predicted molar refractivity (Wildman–Crippen MR) is 142 cm³/mol. The van der Waals surface area contributed by atoms with Gasteiger partial charge < -0.3 is 9.32 Å². The lowest BCUT2D eigenvalue weighted by molar-refractivity contribution is 0.0454. The van der Waals surface area contributed by atoms with E-state index in [9.17, 15) is 4.79 Å². The monoisotopic (exact) mass is 479 g/mol. The number of rotatable bonds is 8. The van der Waals surface area contributed by atoms with Crippen LogP contribution in [0.15, 0.2) is 89.7 Å². The molecular weight excluding hydrogens is 446 g/mol. The highest BCUT2D eigenvalue weighted by molar-refractivity contribution is 5.92. The zero-order valence-electron chi connectivity index (χ0n) is 20.6. The molecule has 1 saturated carbocycles. The maximum absolute atomic E-state index is 13.6. The van der Waals surface area contributed by atoms with Crippen molar-refractivity contribution in [1.29, 1.82) is 0 Å². The van der Waals surface area contributed by atoms with E-state index < -0.39 is 0 Å². The summed E-state index contributed by atoms with van der Waals surface area (Å²) in [7, 11) is 0. The van der Waals surface area contributed by atoms with Crippen LogP contribution in [0.3, 0.4) is 0 Å². The highest BCUT2D eigenvalue weighted by Crippen LogP contribution is 2.36. The fourth-order valence-electron chi connectivity index (χ4n) is 5.79. The Bertz CT molecular complexity index is 1290. The average Bonchev–Trinajstić information content (AvgIpc) is 3.60. The van der Waals surface area contributed by atoms with Gasteiger partial charge in [0, 0.05) is 30.2 Å². The van der Waals surface area contributed by atoms with E-state index in [1.807, 2.05) is 18.3 Å². The molecule has 6 rings (SSSR count). The number of amides is 1. The molecule has 1 amide bonds. The van der Waals surface area contributed by atoms with Gasteiger partial charge in [-0.2, -0.15) is 0 Å². The Morgan fingerprint density at radius 3 is 2.53 bits per heavy atom. The Balaban J connectivity index is 1.18. The minimum Gasteiger partial charge on any atom is -0.459 e. The van der Waals surface area contributed by atoms with Crippen molar-refractivity contribution in [3.05, 3.63) is 102 Å². The largest absolute Gasteiger partial charge is 0.459 e. The standard InChI is InChI=1S/C31H33N3O2/c35-31(30-9-5-19-36-30)34(27-11-12-27)29(21-23-6-2-1-3-7-23)25-14-17-33(18-15-25)22-24-10-13-28-26(20-24)8-4-16-32-28/h1-10,13,16,19-20,25,27,29H,11-12,14-15,17-18,21-22H2/t29-/m1/s1. The number of piperidine rings is 1. The van der Waals surface area contributed by atoms with Gasteiger partial charge in [0.15, 0.2) is 5.76 Å². The molecule has 5 heteroatoms. The smallest absolute Gasteiger partial charge is 0.290 e. The lowest BCUT2D eigenvalue weighted by Gasteiger charge is -2.41. The van der Waals surface area contributed by atoms with Crippen LogP contribution in [0.25, 0.3) is 10.9 Å². The SMILES string of the molecule is O=C(c1ccco1)N(C1CC1)[C@H](Cc1ccccc1)C1CCN(Cc2ccc3ncccc3c2)CC1. The fraction of sp³-hybridized carbons (Fsp3) is 0.355. The number of nitrogens with zero attached hydrogens (tertiary/aromatic N) is 3. The number of benzene rings is 2. The second-order valence-electron chi connectivity index (χ2n) is 10.3. The normalized spacial score (nSPS) is 17.8. The molecule has 0 radical (unpaired) electrons. The molecule has 1 aliphatic heterocycles. The van der Waals surface area contributed by atoms with Gasteiger partial charge in [0.2, 0.25) is 0 Å². The number of fused-ring (bicyclic) bond motifs is 1. The molecule has 1 saturated heterocycles. The highest BCUT2D eigenvalue weighted by Gasteiger charge is 2.42. The predicted octanol–water partition coefficient (Wildman–Crippen LogP) is 5.96. The van der Waals surface area contributed by atoms with Gasteiger partial charge in [-0.1, -0.05) is 42.5 Å². The second-order valence-corrected chi connectivity index (χ2v) is 10.3. The van der Waals surface area contributed by atoms with E-state index in [4.69, 9.17) is 4.42 Å². The van der Waals surface area contributed by atoms with Crippen LogP contribution in [0.4, 0.5) is 0 Å². The van der Waals surface area contributed by atoms with Crippen molar-refractivity contribution in [3.63, 3.8) is 0 Å². The number of furan rings is 1. The van der Waals surface area contributed by atoms with Crippen molar-refractivity contribution in [2.45, 2.75) is 50.7 Å². The number of aromatic nitrogens is 1. The number of hydrogen-bond donors (Lipinski definition) is 0. The van der Waals surface area contributed by atoms with E-state index >= 15 is 0 Å². The van der Waals surface area contributed by atoms with Gasteiger partial charge in [-0.25, -0.2) is 0 Å². The Labute approximate surface area is 212 Å². The summed E-state index contributed by atoms with van der Waals surface area (Å²) >= 11 is 0. The van der Waals surface area contributed by atoms with Gasteiger partial charge in [-0.3, -0.25) is 14.7 Å². The third-order valence-electron chi connectivity index (χ3n) is 7.80. The van der Waals surface area contributed by atoms with E-state index in [0.717, 1.165) is 57.3 Å². The van der Waals surface area contributed by atoms with Crippen LogP contribution in [0.2, 0.25) is 0 Å². The topological polar surface area (TPSA) is 49.6 Å². The summed E-state index contributed by atoms with van der Waals surface area (Å²) in [5.74, 6) is 0.987. The lowest BCUT2D eigenvalue weighted by atomic mass is 9.84. The molecule has 184 valence electrons. The third kappa shape index (κ3) is 5.07. The van der Waals surface area contributed by atoms with Crippen LogP contribution >= 0.6 is 0 Å². The molecule has 0 spiro atoms. The van der Waals surface area contributed by atoms with Crippen molar-refractivity contribution >= 4 is 16.8 Å². The van der Waals surface area contributed by atoms with Gasteiger partial charge in [0.1, 0.15) is 0 Å². The molecule has 3 heterocycles. The number of likely N-dealkylation sites (tertiary alicyclic amines) is 1. The van der Waals surface area contributed by atoms with Crippen LogP contribution < -0.4 is 0 Å². The molecule has 2 fully saturated rings.